The Morgan fingerprint density at radius 2 is 2.10 bits per heavy atom. The summed E-state index contributed by atoms with van der Waals surface area (Å²) in [5, 5.41) is 0. The van der Waals surface area contributed by atoms with Crippen molar-refractivity contribution in [3.05, 3.63) is 53.6 Å². The van der Waals surface area contributed by atoms with Gasteiger partial charge in [-0.05, 0) is 36.5 Å². The minimum absolute atomic E-state index is 0.416. The summed E-state index contributed by atoms with van der Waals surface area (Å²) < 4.78 is 0. The van der Waals surface area contributed by atoms with Gasteiger partial charge in [0.2, 0.25) is 0 Å². The number of unbranched alkanes of at least 4 members (excludes halogenated alkanes) is 1. The number of hydrogen-bond donors (Lipinski definition) is 0. The molecule has 0 fully saturated rings. The van der Waals surface area contributed by atoms with Gasteiger partial charge in [0.05, 0.1) is 0 Å². The average molecular weight is 279 g/mol. The first-order valence-electron chi connectivity index (χ1n) is 8.20. The summed E-state index contributed by atoms with van der Waals surface area (Å²) >= 11 is 0. The van der Waals surface area contributed by atoms with E-state index in [1.807, 2.05) is 0 Å². The lowest BCUT2D eigenvalue weighted by Gasteiger charge is -2.32. The highest BCUT2D eigenvalue weighted by Crippen LogP contribution is 2.41. The van der Waals surface area contributed by atoms with Crippen LogP contribution in [-0.2, 0) is 6.42 Å². The first-order valence-corrected chi connectivity index (χ1v) is 8.20. The van der Waals surface area contributed by atoms with Crippen molar-refractivity contribution in [1.82, 2.24) is 0 Å². The minimum Gasteiger partial charge on any atom is -0.293 e. The zero-order valence-corrected chi connectivity index (χ0v) is 13.2. The van der Waals surface area contributed by atoms with Gasteiger partial charge in [0.15, 0.2) is 0 Å². The number of benzene rings is 1. The van der Waals surface area contributed by atoms with E-state index in [1.54, 1.807) is 0 Å². The van der Waals surface area contributed by atoms with Crippen LogP contribution in [0.4, 0.5) is 0 Å². The van der Waals surface area contributed by atoms with Gasteiger partial charge in [-0.1, -0.05) is 62.3 Å². The van der Waals surface area contributed by atoms with Gasteiger partial charge in [0, 0.05) is 24.1 Å². The molecule has 1 aliphatic heterocycles. The smallest absolute Gasteiger partial charge is 0.0495 e. The molecule has 1 heterocycles. The molecule has 0 saturated heterocycles. The number of aliphatic imine (C=N–C) groups is 1. The van der Waals surface area contributed by atoms with Gasteiger partial charge in [-0.15, -0.1) is 0 Å². The lowest BCUT2D eigenvalue weighted by molar-refractivity contribution is 0.572. The third-order valence-electron chi connectivity index (χ3n) is 5.01. The molecule has 0 spiro atoms. The second kappa shape index (κ2) is 6.01. The van der Waals surface area contributed by atoms with E-state index in [0.717, 1.165) is 13.0 Å². The lowest BCUT2D eigenvalue weighted by atomic mass is 9.76. The van der Waals surface area contributed by atoms with Crippen LogP contribution in [0.2, 0.25) is 0 Å². The van der Waals surface area contributed by atoms with E-state index in [2.05, 4.69) is 50.8 Å². The maximum absolute atomic E-state index is 4.83. The molecule has 1 aromatic rings. The monoisotopic (exact) mass is 279 g/mol. The first-order chi connectivity index (χ1) is 10.2. The summed E-state index contributed by atoms with van der Waals surface area (Å²) in [4.78, 5) is 4.83. The molecule has 21 heavy (non-hydrogen) atoms. The normalized spacial score (nSPS) is 24.6. The van der Waals surface area contributed by atoms with Crippen LogP contribution in [0, 0.1) is 11.8 Å². The molecule has 0 amide bonds. The summed E-state index contributed by atoms with van der Waals surface area (Å²) in [6.45, 7) is 9.79. The zero-order chi connectivity index (χ0) is 14.8. The number of nitrogens with zero attached hydrogens (tertiary/aromatic N) is 1. The van der Waals surface area contributed by atoms with Crippen LogP contribution in [0.15, 0.2) is 47.5 Å². The fourth-order valence-corrected chi connectivity index (χ4v) is 3.71. The Morgan fingerprint density at radius 1 is 1.29 bits per heavy atom. The fraction of sp³-hybridized carbons (Fsp3) is 0.450. The van der Waals surface area contributed by atoms with Gasteiger partial charge in [0.25, 0.3) is 0 Å². The van der Waals surface area contributed by atoms with Crippen molar-refractivity contribution >= 4 is 11.3 Å². The van der Waals surface area contributed by atoms with Crippen LogP contribution in [-0.4, -0.2) is 12.3 Å². The number of allylic oxidation sites excluding steroid dienone is 1. The van der Waals surface area contributed by atoms with Crippen LogP contribution in [0.25, 0.3) is 5.57 Å². The molecule has 1 aromatic carbocycles. The van der Waals surface area contributed by atoms with Gasteiger partial charge in [-0.2, -0.15) is 0 Å². The Kier molecular flexibility index (Phi) is 4.10. The maximum Gasteiger partial charge on any atom is 0.0495 e. The van der Waals surface area contributed by atoms with E-state index in [4.69, 9.17) is 4.99 Å². The van der Waals surface area contributed by atoms with Gasteiger partial charge in [-0.3, -0.25) is 4.99 Å². The molecule has 0 bridgehead atoms. The van der Waals surface area contributed by atoms with Crippen molar-refractivity contribution in [2.45, 2.75) is 39.5 Å². The van der Waals surface area contributed by atoms with E-state index in [-0.39, 0.29) is 0 Å². The third-order valence-corrected chi connectivity index (χ3v) is 5.01. The van der Waals surface area contributed by atoms with Gasteiger partial charge >= 0.3 is 0 Å². The topological polar surface area (TPSA) is 12.4 Å². The second-order valence-corrected chi connectivity index (χ2v) is 6.33. The largest absolute Gasteiger partial charge is 0.293 e. The van der Waals surface area contributed by atoms with Crippen molar-refractivity contribution in [2.75, 3.05) is 6.54 Å². The molecule has 1 nitrogen and oxygen atoms in total. The van der Waals surface area contributed by atoms with Crippen LogP contribution in [0.1, 0.15) is 44.2 Å². The molecule has 3 rings (SSSR count). The number of fused-ring (bicyclic) bond motifs is 1. The van der Waals surface area contributed by atoms with Crippen LogP contribution in [0.3, 0.4) is 0 Å². The van der Waals surface area contributed by atoms with E-state index in [0.29, 0.717) is 11.8 Å². The Morgan fingerprint density at radius 3 is 2.90 bits per heavy atom. The Hall–Kier alpha value is -1.63. The van der Waals surface area contributed by atoms with Crippen LogP contribution >= 0.6 is 0 Å². The van der Waals surface area contributed by atoms with Gasteiger partial charge in [0.1, 0.15) is 0 Å². The predicted octanol–water partition coefficient (Wildman–Crippen LogP) is 5.08. The third kappa shape index (κ3) is 2.62. The first kappa shape index (κ1) is 14.3. The molecule has 2 atom stereocenters. The molecule has 0 N–H and O–H groups in total. The van der Waals surface area contributed by atoms with Crippen molar-refractivity contribution in [1.29, 1.82) is 0 Å². The molecule has 0 aromatic heterocycles. The van der Waals surface area contributed by atoms with E-state index in [9.17, 15) is 0 Å². The second-order valence-electron chi connectivity index (χ2n) is 6.33. The standard InChI is InChI=1S/C20H25N/c1-4-5-9-17-14(2)20(13-21-15(17)3)19-12-11-16-8-6-7-10-18(16)19/h6-8,10,12,17,20H,2,4-5,9,11,13H2,1,3H3. The summed E-state index contributed by atoms with van der Waals surface area (Å²) in [5.74, 6) is 0.900. The number of rotatable bonds is 4. The van der Waals surface area contributed by atoms with Crippen molar-refractivity contribution in [3.63, 3.8) is 0 Å². The highest BCUT2D eigenvalue weighted by molar-refractivity contribution is 5.90. The quantitative estimate of drug-likeness (QED) is 0.682. The van der Waals surface area contributed by atoms with E-state index in [1.165, 1.54) is 47.2 Å². The Balaban J connectivity index is 1.86. The van der Waals surface area contributed by atoms with E-state index < -0.39 is 0 Å². The molecule has 0 radical (unpaired) electrons. The van der Waals surface area contributed by atoms with Crippen molar-refractivity contribution < 1.29 is 0 Å². The van der Waals surface area contributed by atoms with Crippen LogP contribution in [0.5, 0.6) is 0 Å². The molecule has 1 heteroatoms. The Bertz CT molecular complexity index is 606. The summed E-state index contributed by atoms with van der Waals surface area (Å²) in [6, 6.07) is 8.78. The molecule has 1 aliphatic carbocycles. The fourth-order valence-electron chi connectivity index (χ4n) is 3.71. The zero-order valence-electron chi connectivity index (χ0n) is 13.2. The highest BCUT2D eigenvalue weighted by atomic mass is 14.8. The summed E-state index contributed by atoms with van der Waals surface area (Å²) in [6.07, 6.45) is 7.17. The maximum atomic E-state index is 4.83. The Labute approximate surface area is 128 Å². The average Bonchev–Trinajstić information content (AvgIpc) is 2.91. The molecule has 0 saturated carbocycles. The molecular weight excluding hydrogens is 254 g/mol. The van der Waals surface area contributed by atoms with Gasteiger partial charge in [-0.25, -0.2) is 0 Å². The SMILES string of the molecule is C=C1C(C2=CCc3ccccc32)CN=C(C)C1CCCC. The van der Waals surface area contributed by atoms with Crippen LogP contribution < -0.4 is 0 Å². The van der Waals surface area contributed by atoms with Crippen molar-refractivity contribution in [3.8, 4) is 0 Å². The molecular formula is C20H25N. The lowest BCUT2D eigenvalue weighted by Crippen LogP contribution is -2.27. The molecule has 2 aliphatic rings. The van der Waals surface area contributed by atoms with Crippen molar-refractivity contribution in [2.24, 2.45) is 16.8 Å². The predicted molar refractivity (Wildman–Crippen MR) is 91.7 cm³/mol. The number of hydrogen-bond acceptors (Lipinski definition) is 1. The van der Waals surface area contributed by atoms with Gasteiger partial charge < -0.3 is 0 Å². The molecule has 110 valence electrons. The van der Waals surface area contributed by atoms with E-state index >= 15 is 0 Å². The highest BCUT2D eigenvalue weighted by Gasteiger charge is 2.31. The summed E-state index contributed by atoms with van der Waals surface area (Å²) in [7, 11) is 0. The minimum atomic E-state index is 0.416. The molecule has 2 unspecified atom stereocenters. The summed E-state index contributed by atoms with van der Waals surface area (Å²) in [5.41, 5.74) is 7.02.